The molecule has 114 valence electrons. The Kier molecular flexibility index (Phi) is 4.21. The van der Waals surface area contributed by atoms with Crippen LogP contribution in [0.5, 0.6) is 0 Å². The predicted octanol–water partition coefficient (Wildman–Crippen LogP) is 1.83. The number of carbonyl (C=O) groups excluding carboxylic acids is 1. The van der Waals surface area contributed by atoms with Crippen LogP contribution in [0.2, 0.25) is 0 Å². The van der Waals surface area contributed by atoms with E-state index in [1.54, 1.807) is 6.07 Å². The van der Waals surface area contributed by atoms with Crippen LogP contribution >= 0.6 is 0 Å². The molecule has 22 heavy (non-hydrogen) atoms. The summed E-state index contributed by atoms with van der Waals surface area (Å²) in [5, 5.41) is 20.0. The molecule has 0 aliphatic carbocycles. The first kappa shape index (κ1) is 15.2. The lowest BCUT2D eigenvalue weighted by atomic mass is 10.0. The van der Waals surface area contributed by atoms with Gasteiger partial charge < -0.3 is 14.7 Å². The molecule has 0 bridgehead atoms. The second kappa shape index (κ2) is 6.08. The SMILES string of the molecule is COC(=O)C1=CN(c2cccc([N+](=O)[O-])c2)C=C(C(=O)O)C1. The summed E-state index contributed by atoms with van der Waals surface area (Å²) in [5.41, 5.74) is 0.360. The average Bonchev–Trinajstić information content (AvgIpc) is 2.53. The van der Waals surface area contributed by atoms with Crippen molar-refractivity contribution in [3.63, 3.8) is 0 Å². The fourth-order valence-electron chi connectivity index (χ4n) is 1.97. The fourth-order valence-corrected chi connectivity index (χ4v) is 1.97. The van der Waals surface area contributed by atoms with Gasteiger partial charge in [-0.2, -0.15) is 0 Å². The number of non-ortho nitro benzene ring substituents is 1. The Balaban J connectivity index is 2.45. The molecule has 0 spiro atoms. The zero-order valence-corrected chi connectivity index (χ0v) is 11.6. The zero-order valence-electron chi connectivity index (χ0n) is 11.6. The number of carboxylic acids is 1. The van der Waals surface area contributed by atoms with Gasteiger partial charge in [-0.05, 0) is 6.07 Å². The number of benzene rings is 1. The number of ether oxygens (including phenoxy) is 1. The number of aliphatic carboxylic acids is 1. The minimum atomic E-state index is -1.18. The molecule has 0 unspecified atom stereocenters. The molecule has 1 N–H and O–H groups in total. The van der Waals surface area contributed by atoms with E-state index in [4.69, 9.17) is 5.11 Å². The smallest absolute Gasteiger partial charge is 0.335 e. The molecule has 0 fully saturated rings. The lowest BCUT2D eigenvalue weighted by Gasteiger charge is -2.23. The molecule has 0 amide bonds. The van der Waals surface area contributed by atoms with Crippen molar-refractivity contribution in [1.29, 1.82) is 0 Å². The maximum absolute atomic E-state index is 11.6. The van der Waals surface area contributed by atoms with Crippen molar-refractivity contribution < 1.29 is 24.4 Å². The summed E-state index contributed by atoms with van der Waals surface area (Å²) >= 11 is 0. The van der Waals surface area contributed by atoms with Gasteiger partial charge in [0.05, 0.1) is 28.9 Å². The molecule has 2 rings (SSSR count). The molecule has 0 aromatic heterocycles. The number of rotatable bonds is 4. The van der Waals surface area contributed by atoms with E-state index in [0.717, 1.165) is 0 Å². The van der Waals surface area contributed by atoms with Crippen molar-refractivity contribution in [3.8, 4) is 0 Å². The van der Waals surface area contributed by atoms with Crippen LogP contribution < -0.4 is 4.90 Å². The summed E-state index contributed by atoms with van der Waals surface area (Å²) < 4.78 is 4.60. The highest BCUT2D eigenvalue weighted by molar-refractivity contribution is 5.96. The number of esters is 1. The zero-order chi connectivity index (χ0) is 16.3. The number of nitrogens with zero attached hydrogens (tertiary/aromatic N) is 2. The van der Waals surface area contributed by atoms with Crippen molar-refractivity contribution in [2.24, 2.45) is 0 Å². The summed E-state index contributed by atoms with van der Waals surface area (Å²) in [6, 6.07) is 5.65. The number of carbonyl (C=O) groups is 2. The monoisotopic (exact) mass is 304 g/mol. The van der Waals surface area contributed by atoms with Crippen molar-refractivity contribution in [2.45, 2.75) is 6.42 Å². The summed E-state index contributed by atoms with van der Waals surface area (Å²) in [7, 11) is 1.19. The maximum Gasteiger partial charge on any atom is 0.335 e. The highest BCUT2D eigenvalue weighted by atomic mass is 16.6. The molecule has 1 aliphatic heterocycles. The van der Waals surface area contributed by atoms with E-state index in [2.05, 4.69) is 4.74 Å². The second-order valence-corrected chi connectivity index (χ2v) is 4.47. The molecule has 8 heteroatoms. The quantitative estimate of drug-likeness (QED) is 0.513. The molecule has 8 nitrogen and oxygen atoms in total. The van der Waals surface area contributed by atoms with Crippen LogP contribution in [-0.2, 0) is 14.3 Å². The summed E-state index contributed by atoms with van der Waals surface area (Å²) in [4.78, 5) is 34.4. The average molecular weight is 304 g/mol. The van der Waals surface area contributed by atoms with Crippen LogP contribution in [0, 0.1) is 10.1 Å². The highest BCUT2D eigenvalue weighted by Crippen LogP contribution is 2.28. The van der Waals surface area contributed by atoms with Gasteiger partial charge in [0.2, 0.25) is 0 Å². The number of hydrogen-bond donors (Lipinski definition) is 1. The van der Waals surface area contributed by atoms with E-state index >= 15 is 0 Å². The third-order valence-corrected chi connectivity index (χ3v) is 3.03. The second-order valence-electron chi connectivity index (χ2n) is 4.47. The van der Waals surface area contributed by atoms with Crippen LogP contribution in [0.1, 0.15) is 6.42 Å². The van der Waals surface area contributed by atoms with E-state index in [0.29, 0.717) is 5.69 Å². The topological polar surface area (TPSA) is 110 Å². The normalized spacial score (nSPS) is 14.0. The van der Waals surface area contributed by atoms with E-state index in [1.807, 2.05) is 0 Å². The standard InChI is InChI=1S/C14H12N2O6/c1-22-14(19)10-5-9(13(17)18)7-15(8-10)11-3-2-4-12(6-11)16(20)21/h2-4,6-8H,5H2,1H3,(H,17,18). The number of nitro groups is 1. The highest BCUT2D eigenvalue weighted by Gasteiger charge is 2.23. The lowest BCUT2D eigenvalue weighted by molar-refractivity contribution is -0.384. The summed E-state index contributed by atoms with van der Waals surface area (Å²) in [5.74, 6) is -1.83. The molecule has 0 radical (unpaired) electrons. The minimum Gasteiger partial charge on any atom is -0.478 e. The first-order valence-electron chi connectivity index (χ1n) is 6.18. The van der Waals surface area contributed by atoms with Crippen molar-refractivity contribution in [1.82, 2.24) is 0 Å². The Hall–Kier alpha value is -3.16. The van der Waals surface area contributed by atoms with Gasteiger partial charge in [0, 0.05) is 31.0 Å². The molecule has 0 saturated heterocycles. The third kappa shape index (κ3) is 3.11. The van der Waals surface area contributed by atoms with Gasteiger partial charge in [0.15, 0.2) is 0 Å². The largest absolute Gasteiger partial charge is 0.478 e. The minimum absolute atomic E-state index is 0.0191. The van der Waals surface area contributed by atoms with Gasteiger partial charge >= 0.3 is 11.9 Å². The lowest BCUT2D eigenvalue weighted by Crippen LogP contribution is -2.21. The van der Waals surface area contributed by atoms with Crippen LogP contribution in [0.4, 0.5) is 11.4 Å². The van der Waals surface area contributed by atoms with Gasteiger partial charge in [-0.1, -0.05) is 6.07 Å². The molecule has 1 aliphatic rings. The summed E-state index contributed by atoms with van der Waals surface area (Å²) in [6.45, 7) is 0. The van der Waals surface area contributed by atoms with Crippen LogP contribution in [0.3, 0.4) is 0 Å². The Morgan fingerprint density at radius 1 is 1.32 bits per heavy atom. The molecule has 1 aromatic carbocycles. The summed E-state index contributed by atoms with van der Waals surface area (Å²) in [6.07, 6.45) is 2.64. The number of anilines is 1. The molecule has 0 atom stereocenters. The Bertz CT molecular complexity index is 707. The van der Waals surface area contributed by atoms with E-state index in [-0.39, 0.29) is 23.3 Å². The molecule has 0 saturated carbocycles. The number of nitro benzene ring substituents is 1. The van der Waals surface area contributed by atoms with Crippen molar-refractivity contribution in [3.05, 3.63) is 57.9 Å². The van der Waals surface area contributed by atoms with E-state index in [1.165, 1.54) is 42.6 Å². The van der Waals surface area contributed by atoms with Gasteiger partial charge in [-0.3, -0.25) is 10.1 Å². The number of hydrogen-bond acceptors (Lipinski definition) is 6. The molecular weight excluding hydrogens is 292 g/mol. The van der Waals surface area contributed by atoms with Gasteiger partial charge in [0.25, 0.3) is 5.69 Å². The van der Waals surface area contributed by atoms with Crippen molar-refractivity contribution in [2.75, 3.05) is 12.0 Å². The first-order chi connectivity index (χ1) is 10.4. The van der Waals surface area contributed by atoms with Gasteiger partial charge in [-0.15, -0.1) is 0 Å². The van der Waals surface area contributed by atoms with Gasteiger partial charge in [-0.25, -0.2) is 9.59 Å². The predicted molar refractivity (Wildman–Crippen MR) is 76.0 cm³/mol. The first-order valence-corrected chi connectivity index (χ1v) is 6.18. The Labute approximate surface area is 125 Å². The Morgan fingerprint density at radius 2 is 2.00 bits per heavy atom. The molecular formula is C14H12N2O6. The van der Waals surface area contributed by atoms with Crippen LogP contribution in [-0.4, -0.2) is 29.1 Å². The van der Waals surface area contributed by atoms with Crippen LogP contribution in [0.15, 0.2) is 47.8 Å². The molecule has 1 aromatic rings. The Morgan fingerprint density at radius 3 is 2.59 bits per heavy atom. The van der Waals surface area contributed by atoms with E-state index < -0.39 is 16.9 Å². The van der Waals surface area contributed by atoms with Crippen LogP contribution in [0.25, 0.3) is 0 Å². The van der Waals surface area contributed by atoms with Gasteiger partial charge in [0.1, 0.15) is 0 Å². The number of carboxylic acid groups (broad SMARTS) is 1. The fraction of sp³-hybridized carbons (Fsp3) is 0.143. The number of methoxy groups -OCH3 is 1. The molecule has 1 heterocycles. The third-order valence-electron chi connectivity index (χ3n) is 3.03. The maximum atomic E-state index is 11.6. The van der Waals surface area contributed by atoms with E-state index in [9.17, 15) is 19.7 Å². The van der Waals surface area contributed by atoms with Crippen molar-refractivity contribution >= 4 is 23.3 Å².